The highest BCUT2D eigenvalue weighted by atomic mass is 19.4. The molecule has 0 aromatic heterocycles. The molecule has 6 nitrogen and oxygen atoms in total. The Morgan fingerprint density at radius 3 is 1.55 bits per heavy atom. The number of nitro groups is 1. The Morgan fingerprint density at radius 2 is 1.19 bits per heavy atom. The lowest BCUT2D eigenvalue weighted by Crippen LogP contribution is -2.07. The van der Waals surface area contributed by atoms with E-state index in [0.29, 0.717) is 6.07 Å². The summed E-state index contributed by atoms with van der Waals surface area (Å²) in [5.74, 6) is -0.816. The second kappa shape index (κ2) is 12.5. The average molecular weight is 460 g/mol. The number of nitro benzene ring substituents is 1. The van der Waals surface area contributed by atoms with E-state index in [-0.39, 0.29) is 33.7 Å². The number of nitrogens with zero attached hydrogens (tertiary/aromatic N) is 1. The van der Waals surface area contributed by atoms with Crippen molar-refractivity contribution in [2.75, 3.05) is 20.0 Å². The van der Waals surface area contributed by atoms with Gasteiger partial charge in [-0.3, -0.25) is 10.1 Å². The number of nitrogen functional groups attached to an aromatic ring is 1. The number of nitrogens with two attached hydrogens (primary N) is 1. The van der Waals surface area contributed by atoms with Gasteiger partial charge in [0.25, 0.3) is 5.69 Å². The molecule has 31 heavy (non-hydrogen) atoms. The van der Waals surface area contributed by atoms with Crippen LogP contribution < -0.4 is 15.2 Å². The Bertz CT molecular complexity index is 839. The Balaban J connectivity index is -0.000000465. The van der Waals surface area contributed by atoms with Gasteiger partial charge in [-0.05, 0) is 18.2 Å². The van der Waals surface area contributed by atoms with Gasteiger partial charge in [0.1, 0.15) is 11.5 Å². The number of methoxy groups -OCH3 is 2. The minimum Gasteiger partial charge on any atom is -0.496 e. The van der Waals surface area contributed by atoms with Gasteiger partial charge in [0.2, 0.25) is 0 Å². The summed E-state index contributed by atoms with van der Waals surface area (Å²) in [5, 5.41) is 10.3. The van der Waals surface area contributed by atoms with Crippen molar-refractivity contribution < 1.29 is 40.7 Å². The summed E-state index contributed by atoms with van der Waals surface area (Å²) in [6, 6.07) is 5.37. The Morgan fingerprint density at radius 1 is 0.806 bits per heavy atom. The van der Waals surface area contributed by atoms with Crippen LogP contribution in [0, 0.1) is 10.1 Å². The van der Waals surface area contributed by atoms with Gasteiger partial charge in [0.05, 0.1) is 36.3 Å². The van der Waals surface area contributed by atoms with E-state index in [9.17, 15) is 36.5 Å². The van der Waals surface area contributed by atoms with Crippen molar-refractivity contribution in [1.82, 2.24) is 0 Å². The van der Waals surface area contributed by atoms with Crippen molar-refractivity contribution in [3.63, 3.8) is 0 Å². The van der Waals surface area contributed by atoms with E-state index in [1.165, 1.54) is 13.2 Å². The molecule has 2 aromatic carbocycles. The Kier molecular flexibility index (Phi) is 13.1. The fourth-order valence-electron chi connectivity index (χ4n) is 1.97. The highest BCUT2D eigenvalue weighted by molar-refractivity contribution is 5.49. The van der Waals surface area contributed by atoms with Crippen LogP contribution in [0.25, 0.3) is 0 Å². The van der Waals surface area contributed by atoms with E-state index in [0.717, 1.165) is 31.4 Å². The van der Waals surface area contributed by atoms with Gasteiger partial charge in [-0.15, -0.1) is 0 Å². The van der Waals surface area contributed by atoms with E-state index < -0.39 is 39.8 Å². The molecule has 0 aliphatic heterocycles. The standard InChI is InChI=1S/C8H6F3NO3.C8H8F3NO.3CH4/c1-15-7-4-5(12(13)14)2-3-6(7)8(9,10)11;1-13-7-4-5(12)2-3-6(7)8(9,10)11;;;/h2-4H,1H3;2-4H,12H2,1H3;3*1H4. The topological polar surface area (TPSA) is 87.6 Å². The highest BCUT2D eigenvalue weighted by Crippen LogP contribution is 2.38. The van der Waals surface area contributed by atoms with E-state index in [4.69, 9.17) is 5.73 Å². The molecule has 0 saturated heterocycles. The van der Waals surface area contributed by atoms with Gasteiger partial charge in [-0.25, -0.2) is 0 Å². The van der Waals surface area contributed by atoms with Crippen LogP contribution >= 0.6 is 0 Å². The normalized spacial score (nSPS) is 10.2. The first-order valence-electron chi connectivity index (χ1n) is 7.21. The molecule has 0 atom stereocenters. The van der Waals surface area contributed by atoms with E-state index >= 15 is 0 Å². The van der Waals surface area contributed by atoms with Gasteiger partial charge in [-0.2, -0.15) is 26.3 Å². The van der Waals surface area contributed by atoms with Crippen LogP contribution in [-0.4, -0.2) is 19.1 Å². The van der Waals surface area contributed by atoms with Crippen molar-refractivity contribution in [3.05, 3.63) is 57.6 Å². The first kappa shape index (κ1) is 32.5. The predicted molar refractivity (Wildman–Crippen MR) is 107 cm³/mol. The molecule has 0 amide bonds. The predicted octanol–water partition coefficient (Wildman–Crippen LogP) is 6.83. The molecule has 0 saturated carbocycles. The summed E-state index contributed by atoms with van der Waals surface area (Å²) >= 11 is 0. The summed E-state index contributed by atoms with van der Waals surface area (Å²) in [7, 11) is 2.19. The first-order valence-corrected chi connectivity index (χ1v) is 7.21. The molecule has 178 valence electrons. The highest BCUT2D eigenvalue weighted by Gasteiger charge is 2.35. The summed E-state index contributed by atoms with van der Waals surface area (Å²) in [6.07, 6.45) is -8.99. The first-order chi connectivity index (χ1) is 12.8. The van der Waals surface area contributed by atoms with E-state index in [1.54, 1.807) is 0 Å². The number of rotatable bonds is 3. The maximum absolute atomic E-state index is 12.3. The summed E-state index contributed by atoms with van der Waals surface area (Å²) in [5.41, 5.74) is 3.25. The van der Waals surface area contributed by atoms with E-state index in [2.05, 4.69) is 9.47 Å². The van der Waals surface area contributed by atoms with Crippen molar-refractivity contribution in [2.45, 2.75) is 34.6 Å². The number of benzene rings is 2. The third kappa shape index (κ3) is 9.01. The lowest BCUT2D eigenvalue weighted by molar-refractivity contribution is -0.385. The van der Waals surface area contributed by atoms with Crippen LogP contribution in [0.5, 0.6) is 11.5 Å². The Hall–Kier alpha value is -3.18. The number of hydrogen-bond donors (Lipinski definition) is 1. The van der Waals surface area contributed by atoms with Crippen molar-refractivity contribution >= 4 is 11.4 Å². The summed E-state index contributed by atoms with van der Waals surface area (Å²) in [4.78, 5) is 9.51. The monoisotopic (exact) mass is 460 g/mol. The fourth-order valence-corrected chi connectivity index (χ4v) is 1.97. The summed E-state index contributed by atoms with van der Waals surface area (Å²) in [6.45, 7) is 0. The molecule has 2 rings (SSSR count). The van der Waals surface area contributed by atoms with Gasteiger partial charge in [0, 0.05) is 17.8 Å². The molecule has 0 aliphatic rings. The van der Waals surface area contributed by atoms with E-state index in [1.807, 2.05) is 0 Å². The zero-order valence-corrected chi connectivity index (χ0v) is 14.4. The maximum atomic E-state index is 12.3. The van der Waals surface area contributed by atoms with Crippen LogP contribution in [0.15, 0.2) is 36.4 Å². The van der Waals surface area contributed by atoms with Gasteiger partial charge in [-0.1, -0.05) is 22.3 Å². The molecular formula is C19H26F6N2O4. The van der Waals surface area contributed by atoms with Crippen molar-refractivity contribution in [3.8, 4) is 11.5 Å². The third-order valence-corrected chi connectivity index (χ3v) is 3.23. The molecular weight excluding hydrogens is 434 g/mol. The summed E-state index contributed by atoms with van der Waals surface area (Å²) < 4.78 is 82.7. The number of non-ortho nitro benzene ring substituents is 1. The molecule has 0 aliphatic carbocycles. The quantitative estimate of drug-likeness (QED) is 0.235. The molecule has 0 heterocycles. The second-order valence-corrected chi connectivity index (χ2v) is 5.10. The van der Waals surface area contributed by atoms with Crippen molar-refractivity contribution in [2.24, 2.45) is 0 Å². The molecule has 12 heteroatoms. The zero-order chi connectivity index (χ0) is 21.7. The lowest BCUT2D eigenvalue weighted by atomic mass is 10.2. The Labute approximate surface area is 176 Å². The van der Waals surface area contributed by atoms with Crippen LogP contribution in [0.3, 0.4) is 0 Å². The number of anilines is 1. The minimum absolute atomic E-state index is 0. The van der Waals surface area contributed by atoms with Gasteiger partial charge < -0.3 is 15.2 Å². The maximum Gasteiger partial charge on any atom is 0.419 e. The zero-order valence-electron chi connectivity index (χ0n) is 14.4. The van der Waals surface area contributed by atoms with Crippen LogP contribution in [0.2, 0.25) is 0 Å². The number of alkyl halides is 6. The number of halogens is 6. The van der Waals surface area contributed by atoms with Crippen LogP contribution in [0.1, 0.15) is 33.4 Å². The second-order valence-electron chi connectivity index (χ2n) is 5.10. The van der Waals surface area contributed by atoms with Gasteiger partial charge >= 0.3 is 12.4 Å². The third-order valence-electron chi connectivity index (χ3n) is 3.23. The molecule has 0 spiro atoms. The number of hydrogen-bond acceptors (Lipinski definition) is 5. The SMILES string of the molecule is C.C.C.COc1cc(N)ccc1C(F)(F)F.COc1cc([N+](=O)[O-])ccc1C(F)(F)F. The van der Waals surface area contributed by atoms with Gasteiger partial charge in [0.15, 0.2) is 0 Å². The molecule has 2 aromatic rings. The van der Waals surface area contributed by atoms with Crippen molar-refractivity contribution in [1.29, 1.82) is 0 Å². The molecule has 2 N–H and O–H groups in total. The number of ether oxygens (including phenoxy) is 2. The minimum atomic E-state index is -4.58. The molecule has 0 unspecified atom stereocenters. The molecule has 0 radical (unpaired) electrons. The van der Waals surface area contributed by atoms with Crippen LogP contribution in [-0.2, 0) is 12.4 Å². The smallest absolute Gasteiger partial charge is 0.419 e. The fraction of sp³-hybridized carbons (Fsp3) is 0.368. The largest absolute Gasteiger partial charge is 0.496 e. The lowest BCUT2D eigenvalue weighted by Gasteiger charge is -2.11. The molecule has 0 bridgehead atoms. The molecule has 0 fully saturated rings. The van der Waals surface area contributed by atoms with Crippen LogP contribution in [0.4, 0.5) is 37.7 Å². The average Bonchev–Trinajstić information content (AvgIpc) is 2.59.